The van der Waals surface area contributed by atoms with Crippen LogP contribution in [0.15, 0.2) is 52.9 Å². The smallest absolute Gasteiger partial charge is 0.232 e. The largest absolute Gasteiger partial charge is 0.497 e. The lowest BCUT2D eigenvalue weighted by molar-refractivity contribution is -0.118. The first kappa shape index (κ1) is 21.6. The van der Waals surface area contributed by atoms with Crippen molar-refractivity contribution >= 4 is 16.7 Å². The Bertz CT molecular complexity index is 1010. The molecule has 0 spiro atoms. The Morgan fingerprint density at radius 2 is 1.63 bits per heavy atom. The number of carbonyl (C=O) groups excluding carboxylic acids is 1. The lowest BCUT2D eigenvalue weighted by atomic mass is 10.2. The summed E-state index contributed by atoms with van der Waals surface area (Å²) < 4.78 is 28.4. The third kappa shape index (κ3) is 5.70. The summed E-state index contributed by atoms with van der Waals surface area (Å²) in [4.78, 5) is 16.6. The molecule has 1 atom stereocenters. The number of ether oxygens (including phenoxy) is 2. The molecule has 0 aliphatic rings. The van der Waals surface area contributed by atoms with Crippen LogP contribution in [0.2, 0.25) is 0 Å². The minimum atomic E-state index is -1.40. The number of hydrogen-bond acceptors (Lipinski definition) is 6. The average molecular weight is 429 g/mol. The normalized spacial score (nSPS) is 11.7. The van der Waals surface area contributed by atoms with E-state index >= 15 is 0 Å². The second-order valence-corrected chi connectivity index (χ2v) is 8.06. The third-order valence-electron chi connectivity index (χ3n) is 4.47. The van der Waals surface area contributed by atoms with Gasteiger partial charge in [-0.1, -0.05) is 12.1 Å². The number of aryl methyl sites for hydroxylation is 1. The van der Waals surface area contributed by atoms with Gasteiger partial charge in [0.15, 0.2) is 0 Å². The quantitative estimate of drug-likeness (QED) is 0.563. The summed E-state index contributed by atoms with van der Waals surface area (Å²) >= 11 is 0. The second kappa shape index (κ2) is 10.1. The molecule has 158 valence electrons. The van der Waals surface area contributed by atoms with Crippen molar-refractivity contribution in [2.75, 3.05) is 20.0 Å². The van der Waals surface area contributed by atoms with E-state index < -0.39 is 10.8 Å². The fourth-order valence-electron chi connectivity index (χ4n) is 2.76. The lowest BCUT2D eigenvalue weighted by Crippen LogP contribution is -2.28. The summed E-state index contributed by atoms with van der Waals surface area (Å²) in [7, 11) is 1.80. The number of amides is 1. The van der Waals surface area contributed by atoms with E-state index in [0.29, 0.717) is 23.9 Å². The third-order valence-corrected chi connectivity index (χ3v) is 5.65. The van der Waals surface area contributed by atoms with Crippen LogP contribution in [0.4, 0.5) is 0 Å². The van der Waals surface area contributed by atoms with E-state index in [-0.39, 0.29) is 17.4 Å². The lowest BCUT2D eigenvalue weighted by Gasteiger charge is -2.06. The van der Waals surface area contributed by atoms with Gasteiger partial charge in [-0.05, 0) is 48.9 Å². The number of aromatic nitrogens is 1. The van der Waals surface area contributed by atoms with Crippen LogP contribution in [0.3, 0.4) is 0 Å². The van der Waals surface area contributed by atoms with Crippen LogP contribution in [0, 0.1) is 6.92 Å². The van der Waals surface area contributed by atoms with E-state index in [9.17, 15) is 9.00 Å². The molecular weight excluding hydrogens is 404 g/mol. The van der Waals surface area contributed by atoms with Gasteiger partial charge in [0.1, 0.15) is 23.0 Å². The molecule has 8 heteroatoms. The highest BCUT2D eigenvalue weighted by atomic mass is 32.2. The van der Waals surface area contributed by atoms with Crippen molar-refractivity contribution < 1.29 is 22.9 Å². The first-order valence-corrected chi connectivity index (χ1v) is 10.8. The van der Waals surface area contributed by atoms with Crippen molar-refractivity contribution in [3.63, 3.8) is 0 Å². The summed E-state index contributed by atoms with van der Waals surface area (Å²) in [6, 6.07) is 14.7. The standard InChI is InChI=1S/C22H24N2O5S/c1-15-20(24-22(29-15)17-6-10-19(28-3)11-7-17)13-30(26)14-21(25)23-12-16-4-8-18(27-2)9-5-16/h4-11H,12-14H2,1-3H3,(H,23,25). The monoisotopic (exact) mass is 428 g/mol. The van der Waals surface area contributed by atoms with Crippen molar-refractivity contribution in [2.24, 2.45) is 0 Å². The minimum Gasteiger partial charge on any atom is -0.497 e. The number of nitrogens with zero attached hydrogens (tertiary/aromatic N) is 1. The number of hydrogen-bond donors (Lipinski definition) is 1. The maximum absolute atomic E-state index is 12.4. The number of nitrogens with one attached hydrogen (secondary N) is 1. The highest BCUT2D eigenvalue weighted by Gasteiger charge is 2.16. The molecule has 3 aromatic rings. The zero-order valence-corrected chi connectivity index (χ0v) is 18.0. The second-order valence-electron chi connectivity index (χ2n) is 6.60. The highest BCUT2D eigenvalue weighted by molar-refractivity contribution is 7.84. The van der Waals surface area contributed by atoms with Gasteiger partial charge in [0.25, 0.3) is 0 Å². The first-order chi connectivity index (χ1) is 14.5. The first-order valence-electron chi connectivity index (χ1n) is 9.34. The number of methoxy groups -OCH3 is 2. The molecule has 3 rings (SSSR count). The highest BCUT2D eigenvalue weighted by Crippen LogP contribution is 2.24. The number of rotatable bonds is 9. The zero-order valence-electron chi connectivity index (χ0n) is 17.1. The van der Waals surface area contributed by atoms with Gasteiger partial charge in [0.2, 0.25) is 11.8 Å². The van der Waals surface area contributed by atoms with Crippen molar-refractivity contribution in [1.82, 2.24) is 10.3 Å². The Balaban J connectivity index is 1.53. The van der Waals surface area contributed by atoms with Crippen molar-refractivity contribution in [1.29, 1.82) is 0 Å². The number of carbonyl (C=O) groups is 1. The molecule has 1 N–H and O–H groups in total. The van der Waals surface area contributed by atoms with E-state index in [1.54, 1.807) is 21.1 Å². The summed E-state index contributed by atoms with van der Waals surface area (Å²) in [5.74, 6) is 2.31. The molecule has 1 heterocycles. The van der Waals surface area contributed by atoms with Gasteiger partial charge in [0.05, 0.1) is 25.7 Å². The van der Waals surface area contributed by atoms with E-state index in [2.05, 4.69) is 10.3 Å². The summed E-state index contributed by atoms with van der Waals surface area (Å²) in [5.41, 5.74) is 2.32. The Morgan fingerprint density at radius 3 is 2.23 bits per heavy atom. The number of benzene rings is 2. The molecule has 1 unspecified atom stereocenters. The van der Waals surface area contributed by atoms with Gasteiger partial charge < -0.3 is 19.2 Å². The van der Waals surface area contributed by atoms with Crippen LogP contribution in [-0.4, -0.2) is 35.1 Å². The number of oxazole rings is 1. The van der Waals surface area contributed by atoms with Crippen LogP contribution >= 0.6 is 0 Å². The summed E-state index contributed by atoms with van der Waals surface area (Å²) in [5, 5.41) is 2.78. The molecule has 0 saturated carbocycles. The molecule has 7 nitrogen and oxygen atoms in total. The molecule has 0 fully saturated rings. The van der Waals surface area contributed by atoms with Crippen molar-refractivity contribution in [3.8, 4) is 23.0 Å². The summed E-state index contributed by atoms with van der Waals surface area (Å²) in [6.07, 6.45) is 0. The summed E-state index contributed by atoms with van der Waals surface area (Å²) in [6.45, 7) is 2.14. The fraction of sp³-hybridized carbons (Fsp3) is 0.273. The minimum absolute atomic E-state index is 0.0969. The molecule has 1 aromatic heterocycles. The van der Waals surface area contributed by atoms with Crippen molar-refractivity contribution in [2.45, 2.75) is 19.2 Å². The van der Waals surface area contributed by atoms with Crippen LogP contribution in [0.5, 0.6) is 11.5 Å². The molecule has 0 radical (unpaired) electrons. The average Bonchev–Trinajstić information content (AvgIpc) is 3.12. The van der Waals surface area contributed by atoms with Gasteiger partial charge in [-0.15, -0.1) is 0 Å². The van der Waals surface area contributed by atoms with Crippen LogP contribution in [0.25, 0.3) is 11.5 Å². The van der Waals surface area contributed by atoms with Gasteiger partial charge in [-0.3, -0.25) is 9.00 Å². The molecule has 0 aliphatic carbocycles. The van der Waals surface area contributed by atoms with Gasteiger partial charge >= 0.3 is 0 Å². The SMILES string of the molecule is COc1ccc(CNC(=O)CS(=O)Cc2nc(-c3ccc(OC)cc3)oc2C)cc1. The van der Waals surface area contributed by atoms with E-state index in [1.807, 2.05) is 48.5 Å². The van der Waals surface area contributed by atoms with E-state index in [1.165, 1.54) is 0 Å². The predicted molar refractivity (Wildman–Crippen MR) is 115 cm³/mol. The van der Waals surface area contributed by atoms with Crippen LogP contribution in [0.1, 0.15) is 17.0 Å². The Labute approximate surface area is 177 Å². The fourth-order valence-corrected chi connectivity index (χ4v) is 3.83. The molecule has 0 bridgehead atoms. The molecule has 30 heavy (non-hydrogen) atoms. The zero-order chi connectivity index (χ0) is 21.5. The molecule has 1 amide bonds. The van der Waals surface area contributed by atoms with Gasteiger partial charge in [-0.2, -0.15) is 0 Å². The van der Waals surface area contributed by atoms with Gasteiger partial charge in [-0.25, -0.2) is 4.98 Å². The van der Waals surface area contributed by atoms with Crippen LogP contribution in [-0.2, 0) is 27.9 Å². The molecular formula is C22H24N2O5S. The molecule has 0 saturated heterocycles. The molecule has 0 aliphatic heterocycles. The maximum atomic E-state index is 12.4. The maximum Gasteiger partial charge on any atom is 0.232 e. The Morgan fingerprint density at radius 1 is 1.03 bits per heavy atom. The van der Waals surface area contributed by atoms with Crippen molar-refractivity contribution in [3.05, 3.63) is 65.5 Å². The van der Waals surface area contributed by atoms with E-state index in [4.69, 9.17) is 13.9 Å². The van der Waals surface area contributed by atoms with Crippen LogP contribution < -0.4 is 14.8 Å². The Kier molecular flexibility index (Phi) is 7.24. The van der Waals surface area contributed by atoms with E-state index in [0.717, 1.165) is 22.6 Å². The topological polar surface area (TPSA) is 90.7 Å². The predicted octanol–water partition coefficient (Wildman–Crippen LogP) is 3.23. The van der Waals surface area contributed by atoms with Gasteiger partial charge in [0, 0.05) is 22.9 Å². The molecule has 2 aromatic carbocycles. The Hall–Kier alpha value is -3.13.